The van der Waals surface area contributed by atoms with Crippen molar-refractivity contribution in [3.05, 3.63) is 84.0 Å². The number of hydrogen-bond acceptors (Lipinski definition) is 9. The Balaban J connectivity index is 1.44. The van der Waals surface area contributed by atoms with Gasteiger partial charge >= 0.3 is 0 Å². The maximum Gasteiger partial charge on any atom is 0.287 e. The summed E-state index contributed by atoms with van der Waals surface area (Å²) in [5, 5.41) is 17.3. The summed E-state index contributed by atoms with van der Waals surface area (Å²) in [6.45, 7) is 8.01. The molecule has 0 spiro atoms. The molecule has 1 unspecified atom stereocenters. The van der Waals surface area contributed by atoms with Gasteiger partial charge in [-0.1, -0.05) is 12.1 Å². The number of anilines is 2. The summed E-state index contributed by atoms with van der Waals surface area (Å²) in [5.41, 5.74) is 3.52. The average molecular weight is 471 g/mol. The van der Waals surface area contributed by atoms with Crippen molar-refractivity contribution < 1.29 is 4.92 Å². The molecule has 11 heteroatoms. The molecule has 0 amide bonds. The standard InChI is InChI=1S/C24H24N9O2/c1-16(30-21-7-6-19(14-28-21)33(34)35)23-29-15-20(24-26-8-9-27-24)22(31-23)17-2-4-18(5-3-17)32-12-10-25-11-13-32/h2-9,14-16,25H,1,10-13H2,(H,26,27)(H,28,30). The van der Waals surface area contributed by atoms with Crippen molar-refractivity contribution in [1.29, 1.82) is 0 Å². The number of aromatic amines is 1. The third-order valence-electron chi connectivity index (χ3n) is 5.78. The lowest BCUT2D eigenvalue weighted by atomic mass is 10.1. The molecule has 1 radical (unpaired) electrons. The third kappa shape index (κ3) is 4.94. The molecule has 0 aliphatic carbocycles. The maximum absolute atomic E-state index is 10.9. The van der Waals surface area contributed by atoms with E-state index in [9.17, 15) is 10.1 Å². The molecule has 11 nitrogen and oxygen atoms in total. The zero-order valence-corrected chi connectivity index (χ0v) is 18.9. The van der Waals surface area contributed by atoms with Crippen molar-refractivity contribution in [2.75, 3.05) is 36.4 Å². The van der Waals surface area contributed by atoms with Gasteiger partial charge in [0.15, 0.2) is 5.82 Å². The highest BCUT2D eigenvalue weighted by Gasteiger charge is 2.18. The predicted octanol–water partition coefficient (Wildman–Crippen LogP) is 3.23. The first kappa shape index (κ1) is 22.4. The smallest absolute Gasteiger partial charge is 0.287 e. The molecule has 5 rings (SSSR count). The molecule has 0 bridgehead atoms. The van der Waals surface area contributed by atoms with Crippen LogP contribution in [-0.4, -0.2) is 56.0 Å². The minimum absolute atomic E-state index is 0.0817. The van der Waals surface area contributed by atoms with Crippen LogP contribution >= 0.6 is 0 Å². The van der Waals surface area contributed by atoms with Gasteiger partial charge in [0.05, 0.1) is 22.2 Å². The molecule has 35 heavy (non-hydrogen) atoms. The summed E-state index contributed by atoms with van der Waals surface area (Å²) < 4.78 is 0. The van der Waals surface area contributed by atoms with Crippen LogP contribution in [0.5, 0.6) is 0 Å². The summed E-state index contributed by atoms with van der Waals surface area (Å²) in [6, 6.07) is 10.7. The van der Waals surface area contributed by atoms with Crippen molar-refractivity contribution >= 4 is 17.2 Å². The fourth-order valence-corrected chi connectivity index (χ4v) is 3.94. The highest BCUT2D eigenvalue weighted by Crippen LogP contribution is 2.31. The minimum Gasteiger partial charge on any atom is -0.369 e. The molecule has 4 heterocycles. The number of pyridine rings is 1. The van der Waals surface area contributed by atoms with Crippen LogP contribution < -0.4 is 15.5 Å². The lowest BCUT2D eigenvalue weighted by molar-refractivity contribution is -0.385. The zero-order chi connectivity index (χ0) is 24.2. The Kier molecular flexibility index (Phi) is 6.31. The lowest BCUT2D eigenvalue weighted by Crippen LogP contribution is -2.43. The van der Waals surface area contributed by atoms with Gasteiger partial charge in [0.25, 0.3) is 5.69 Å². The molecule has 1 aliphatic heterocycles. The Hall–Kier alpha value is -4.38. The van der Waals surface area contributed by atoms with E-state index >= 15 is 0 Å². The molecule has 1 aliphatic rings. The van der Waals surface area contributed by atoms with E-state index in [1.165, 1.54) is 24.0 Å². The summed E-state index contributed by atoms with van der Waals surface area (Å²) in [6.07, 6.45) is 6.37. The van der Waals surface area contributed by atoms with Crippen LogP contribution in [0.2, 0.25) is 0 Å². The largest absolute Gasteiger partial charge is 0.369 e. The quantitative estimate of drug-likeness (QED) is 0.274. The molecular weight excluding hydrogens is 446 g/mol. The van der Waals surface area contributed by atoms with Crippen LogP contribution in [0.25, 0.3) is 22.6 Å². The molecule has 3 N–H and O–H groups in total. The van der Waals surface area contributed by atoms with Gasteiger partial charge in [-0.15, -0.1) is 0 Å². The molecule has 177 valence electrons. The van der Waals surface area contributed by atoms with E-state index in [1.807, 2.05) is 0 Å². The van der Waals surface area contributed by atoms with E-state index in [-0.39, 0.29) is 5.69 Å². The molecule has 1 fully saturated rings. The van der Waals surface area contributed by atoms with Gasteiger partial charge in [-0.05, 0) is 25.1 Å². The third-order valence-corrected chi connectivity index (χ3v) is 5.78. The highest BCUT2D eigenvalue weighted by molar-refractivity contribution is 5.77. The Morgan fingerprint density at radius 3 is 2.51 bits per heavy atom. The van der Waals surface area contributed by atoms with Gasteiger partial charge < -0.3 is 20.5 Å². The maximum atomic E-state index is 10.9. The van der Waals surface area contributed by atoms with Gasteiger partial charge in [0.2, 0.25) is 0 Å². The minimum atomic E-state index is -0.534. The monoisotopic (exact) mass is 470 g/mol. The van der Waals surface area contributed by atoms with E-state index in [1.54, 1.807) is 18.6 Å². The number of nitrogens with zero attached hydrogens (tertiary/aromatic N) is 6. The van der Waals surface area contributed by atoms with Crippen molar-refractivity contribution in [3.8, 4) is 22.6 Å². The summed E-state index contributed by atoms with van der Waals surface area (Å²) in [5.74, 6) is 1.57. The van der Waals surface area contributed by atoms with E-state index in [0.717, 1.165) is 43.0 Å². The number of rotatable bonds is 7. The van der Waals surface area contributed by atoms with Gasteiger partial charge in [0.1, 0.15) is 17.8 Å². The number of aromatic nitrogens is 5. The number of nitro groups is 1. The predicted molar refractivity (Wildman–Crippen MR) is 133 cm³/mol. The Labute approximate surface area is 201 Å². The van der Waals surface area contributed by atoms with Crippen LogP contribution in [-0.2, 0) is 0 Å². The SMILES string of the molecule is [CH2]C(Nc1ccc([N+](=O)[O-])cn1)c1ncc(-c2ncc[nH]2)c(-c2ccc(N3CCNCC3)cc2)n1. The second-order valence-electron chi connectivity index (χ2n) is 8.07. The molecule has 1 saturated heterocycles. The number of H-pyrrole nitrogens is 1. The van der Waals surface area contributed by atoms with Crippen molar-refractivity contribution in [1.82, 2.24) is 30.2 Å². The van der Waals surface area contributed by atoms with Gasteiger partial charge in [0, 0.05) is 62.1 Å². The number of piperazine rings is 1. The first-order valence-electron chi connectivity index (χ1n) is 11.2. The summed E-state index contributed by atoms with van der Waals surface area (Å²) in [7, 11) is 0. The Morgan fingerprint density at radius 2 is 1.86 bits per heavy atom. The number of hydrogen-bond donors (Lipinski definition) is 3. The van der Waals surface area contributed by atoms with Crippen LogP contribution in [0.15, 0.2) is 61.2 Å². The van der Waals surface area contributed by atoms with Crippen LogP contribution in [0.4, 0.5) is 17.2 Å². The lowest BCUT2D eigenvalue weighted by Gasteiger charge is -2.29. The van der Waals surface area contributed by atoms with E-state index in [2.05, 4.69) is 66.7 Å². The first-order valence-corrected chi connectivity index (χ1v) is 11.2. The highest BCUT2D eigenvalue weighted by atomic mass is 16.6. The molecule has 0 saturated carbocycles. The zero-order valence-electron chi connectivity index (χ0n) is 18.9. The summed E-state index contributed by atoms with van der Waals surface area (Å²) >= 11 is 0. The Bertz CT molecular complexity index is 1290. The molecule has 3 aromatic heterocycles. The Morgan fingerprint density at radius 1 is 1.06 bits per heavy atom. The molecule has 1 aromatic carbocycles. The first-order chi connectivity index (χ1) is 17.1. The number of benzene rings is 1. The van der Waals surface area contributed by atoms with Crippen molar-refractivity contribution in [2.24, 2.45) is 0 Å². The second-order valence-corrected chi connectivity index (χ2v) is 8.07. The van der Waals surface area contributed by atoms with E-state index in [0.29, 0.717) is 17.5 Å². The van der Waals surface area contributed by atoms with Gasteiger partial charge in [-0.2, -0.15) is 0 Å². The van der Waals surface area contributed by atoms with Gasteiger partial charge in [-0.25, -0.2) is 19.9 Å². The van der Waals surface area contributed by atoms with Crippen LogP contribution in [0.3, 0.4) is 0 Å². The average Bonchev–Trinajstić information content (AvgIpc) is 3.44. The van der Waals surface area contributed by atoms with Gasteiger partial charge in [-0.3, -0.25) is 10.1 Å². The van der Waals surface area contributed by atoms with E-state index in [4.69, 9.17) is 4.98 Å². The topological polar surface area (TPSA) is 138 Å². The summed E-state index contributed by atoms with van der Waals surface area (Å²) in [4.78, 5) is 33.7. The van der Waals surface area contributed by atoms with Crippen molar-refractivity contribution in [3.63, 3.8) is 0 Å². The second kappa shape index (κ2) is 9.85. The number of imidazole rings is 1. The normalized spacial score (nSPS) is 14.5. The molecular formula is C24H24N9O2. The van der Waals surface area contributed by atoms with Crippen LogP contribution in [0, 0.1) is 17.0 Å². The molecule has 1 atom stereocenters. The van der Waals surface area contributed by atoms with Crippen molar-refractivity contribution in [2.45, 2.75) is 6.04 Å². The number of nitrogens with one attached hydrogen (secondary N) is 3. The molecule has 4 aromatic rings. The van der Waals surface area contributed by atoms with Crippen LogP contribution in [0.1, 0.15) is 11.9 Å². The fourth-order valence-electron chi connectivity index (χ4n) is 3.94. The van der Waals surface area contributed by atoms with E-state index < -0.39 is 11.0 Å². The fraction of sp³-hybridized carbons (Fsp3) is 0.208.